The molecule has 0 N–H and O–H groups in total. The highest BCUT2D eigenvalue weighted by Gasteiger charge is 2.54. The van der Waals surface area contributed by atoms with Gasteiger partial charge in [-0.1, -0.05) is 15.9 Å². The summed E-state index contributed by atoms with van der Waals surface area (Å²) in [6.45, 7) is 44.1. The summed E-state index contributed by atoms with van der Waals surface area (Å²) in [7, 11) is -0.704. The quantitative estimate of drug-likeness (QED) is 0.0904. The third-order valence-corrected chi connectivity index (χ3v) is 12.9. The van der Waals surface area contributed by atoms with Gasteiger partial charge in [-0.25, -0.2) is 44.4 Å². The Hall–Kier alpha value is -9.60. The molecule has 0 amide bonds. The summed E-state index contributed by atoms with van der Waals surface area (Å²) in [6, 6.07) is 24.6. The van der Waals surface area contributed by atoms with Gasteiger partial charge in [-0.05, 0) is 126 Å². The minimum atomic E-state index is -0.704. The monoisotopic (exact) mass is 1190 g/mol. The molecule has 0 spiro atoms. The van der Waals surface area contributed by atoms with E-state index in [0.29, 0.717) is 39.0 Å². The predicted octanol–water partition coefficient (Wildman–Crippen LogP) is 14.4. The highest BCUT2D eigenvalue weighted by atomic mass is 79.9. The fourth-order valence-electron chi connectivity index (χ4n) is 7.28. The maximum atomic E-state index is 9.44. The summed E-state index contributed by atoms with van der Waals surface area (Å²) >= 11 is 9.80. The van der Waals surface area contributed by atoms with Crippen molar-refractivity contribution in [3.05, 3.63) is 160 Å². The van der Waals surface area contributed by atoms with E-state index in [9.17, 15) is 15.8 Å². The number of fused-ring (bicyclic) bond motifs is 4. The number of halogens is 3. The predicted molar refractivity (Wildman–Crippen MR) is 286 cm³/mol. The minimum absolute atomic E-state index is 0.0514. The van der Waals surface area contributed by atoms with E-state index >= 15 is 0 Å². The molecule has 20 nitrogen and oxygen atoms in total. The number of rotatable bonds is 4. The first kappa shape index (κ1) is 51.3. The molecule has 1 fully saturated rings. The molecule has 1 aliphatic heterocycles. The number of pyridine rings is 2. The standard InChI is InChI=1S/C32H8N10O3.C15H14BN3O3.C5H2Br3N/c1-36-19-10-28-23(7-18(19)14-35)41-31(44-28)25-4-15(30-40-22-6-16(12-33)17(13-34)8-27(22)43-30)5-26(39-25)32-42-24-9-20(37-2)21(38-3)11-29(24)45-32;1-14(2)15(3,4)22-16(21-14)13-19-11-7-9(17-5)10(18-6)8-12(11)20-13;6-3-1-4(7)9-5(8)2-3/h4-11H;7-8H,1-4H3;1-2H. The molecule has 0 radical (unpaired) electrons. The van der Waals surface area contributed by atoms with Gasteiger partial charge in [0.05, 0.1) is 77.9 Å². The molecule has 0 atom stereocenters. The van der Waals surface area contributed by atoms with Crippen molar-refractivity contribution in [3.63, 3.8) is 0 Å². The van der Waals surface area contributed by atoms with Crippen LogP contribution >= 0.6 is 47.8 Å². The van der Waals surface area contributed by atoms with E-state index in [1.807, 2.05) is 58.0 Å². The van der Waals surface area contributed by atoms with Crippen molar-refractivity contribution >= 4 is 134 Å². The fraction of sp³-hybridized carbons (Fsp3) is 0.115. The van der Waals surface area contributed by atoms with E-state index in [-0.39, 0.29) is 90.9 Å². The third-order valence-electron chi connectivity index (χ3n) is 11.7. The lowest BCUT2D eigenvalue weighted by molar-refractivity contribution is 0.00578. The third kappa shape index (κ3) is 9.94. The highest BCUT2D eigenvalue weighted by molar-refractivity contribution is 9.11. The van der Waals surface area contributed by atoms with Crippen LogP contribution in [0.5, 0.6) is 0 Å². The largest absolute Gasteiger partial charge is 0.554 e. The van der Waals surface area contributed by atoms with Crippen molar-refractivity contribution in [2.75, 3.05) is 0 Å². The van der Waals surface area contributed by atoms with Gasteiger partial charge in [0.1, 0.15) is 60.5 Å². The van der Waals surface area contributed by atoms with E-state index in [1.165, 1.54) is 42.5 Å². The van der Waals surface area contributed by atoms with Crippen LogP contribution in [0.3, 0.4) is 0 Å². The topological polar surface area (TPSA) is 242 Å². The number of oxazole rings is 4. The number of hydrogen-bond donors (Lipinski definition) is 0. The molecule has 10 aromatic rings. The van der Waals surface area contributed by atoms with Crippen LogP contribution in [0.4, 0.5) is 28.4 Å². The van der Waals surface area contributed by atoms with Crippen LogP contribution in [0, 0.1) is 66.9 Å². The number of nitriles is 3. The second kappa shape index (κ2) is 20.4. The number of hydrogen-bond acceptors (Lipinski definition) is 15. The Morgan fingerprint density at radius 2 is 0.842 bits per heavy atom. The van der Waals surface area contributed by atoms with Crippen LogP contribution in [0.15, 0.2) is 104 Å². The van der Waals surface area contributed by atoms with Crippen LogP contribution in [0.1, 0.15) is 44.4 Å². The number of benzene rings is 4. The zero-order chi connectivity index (χ0) is 54.2. The molecule has 0 saturated carbocycles. The molecule has 11 rings (SSSR count). The van der Waals surface area contributed by atoms with E-state index in [1.54, 1.807) is 18.2 Å². The van der Waals surface area contributed by atoms with E-state index in [0.717, 1.165) is 13.7 Å². The van der Waals surface area contributed by atoms with E-state index < -0.39 is 18.3 Å². The van der Waals surface area contributed by atoms with Gasteiger partial charge in [-0.15, -0.1) is 0 Å². The summed E-state index contributed by atoms with van der Waals surface area (Å²) in [4.78, 5) is 43.4. The fourth-order valence-corrected chi connectivity index (χ4v) is 9.44. The molecule has 0 bridgehead atoms. The van der Waals surface area contributed by atoms with Crippen LogP contribution in [0.2, 0.25) is 0 Å². The lowest BCUT2D eigenvalue weighted by Gasteiger charge is -2.32. The smallest absolute Gasteiger partial charge is 0.445 e. The molecule has 7 heterocycles. The van der Waals surface area contributed by atoms with Gasteiger partial charge in [-0.3, -0.25) is 9.69 Å². The Morgan fingerprint density at radius 3 is 1.33 bits per heavy atom. The van der Waals surface area contributed by atoms with Gasteiger partial charge < -0.3 is 27.0 Å². The lowest BCUT2D eigenvalue weighted by atomic mass is 9.90. The first-order valence-corrected chi connectivity index (χ1v) is 24.0. The average molecular weight is 1190 g/mol. The van der Waals surface area contributed by atoms with Crippen LogP contribution in [-0.4, -0.2) is 48.2 Å². The molecule has 24 heteroatoms. The number of nitrogens with zero attached hydrogens (tertiary/aromatic N) is 14. The molecule has 0 unspecified atom stereocenters. The summed E-state index contributed by atoms with van der Waals surface area (Å²) < 4.78 is 38.0. The molecule has 4 aromatic carbocycles. The van der Waals surface area contributed by atoms with Crippen LogP contribution in [0.25, 0.3) is 103 Å². The zero-order valence-electron chi connectivity index (χ0n) is 39.3. The molecule has 362 valence electrons. The Kier molecular flexibility index (Phi) is 13.8. The second-order valence-corrected chi connectivity index (χ2v) is 19.5. The Morgan fingerprint density at radius 1 is 0.447 bits per heavy atom. The normalized spacial score (nSPS) is 12.9. The molecular formula is C52H24BBr3N14O6. The van der Waals surface area contributed by atoms with Crippen molar-refractivity contribution in [2.24, 2.45) is 0 Å². The van der Waals surface area contributed by atoms with Gasteiger partial charge in [0, 0.05) is 16.1 Å². The summed E-state index contributed by atoms with van der Waals surface area (Å²) in [5.74, 6) is 0.523. The molecule has 0 aliphatic carbocycles. The first-order chi connectivity index (χ1) is 36.4. The molecule has 6 aromatic heterocycles. The van der Waals surface area contributed by atoms with Crippen LogP contribution < -0.4 is 5.79 Å². The minimum Gasteiger partial charge on any atom is -0.445 e. The Labute approximate surface area is 455 Å². The van der Waals surface area contributed by atoms with Crippen molar-refractivity contribution in [2.45, 2.75) is 38.9 Å². The maximum absolute atomic E-state index is 9.44. The van der Waals surface area contributed by atoms with Crippen molar-refractivity contribution in [1.82, 2.24) is 29.9 Å². The summed E-state index contributed by atoms with van der Waals surface area (Å²) in [6.07, 6.45) is 0. The average Bonchev–Trinajstić information content (AvgIpc) is 4.26. The molecule has 1 saturated heterocycles. The lowest BCUT2D eigenvalue weighted by Crippen LogP contribution is -2.41. The van der Waals surface area contributed by atoms with E-state index in [4.69, 9.17) is 59.8 Å². The van der Waals surface area contributed by atoms with Crippen LogP contribution in [-0.2, 0) is 9.31 Å². The van der Waals surface area contributed by atoms with Gasteiger partial charge in [0.15, 0.2) is 28.3 Å². The second-order valence-electron chi connectivity index (χ2n) is 17.0. The zero-order valence-corrected chi connectivity index (χ0v) is 44.1. The SMILES string of the molecule is Brc1cc(Br)nc(Br)c1.[C-]#[N+]c1cc2nc(B3OC(C)(C)C(C)(C)O3)oc2cc1[N+]#[C-].[C-]#[N+]c1cc2oc(-c3cc(-c4nc5cc(C#N)c(C#N)cc5o4)cc(-c4nc5cc([N+]#[C-])c([N+]#[C-])cc5o4)n3)nc2cc1C#N. The van der Waals surface area contributed by atoms with Crippen molar-refractivity contribution in [1.29, 1.82) is 15.8 Å². The highest BCUT2D eigenvalue weighted by Crippen LogP contribution is 2.40. The summed E-state index contributed by atoms with van der Waals surface area (Å²) in [5.41, 5.74) is 3.89. The first-order valence-electron chi connectivity index (χ1n) is 21.6. The van der Waals surface area contributed by atoms with Gasteiger partial charge in [0.2, 0.25) is 29.1 Å². The summed E-state index contributed by atoms with van der Waals surface area (Å²) in [5, 5.41) is 28.3. The van der Waals surface area contributed by atoms with Gasteiger partial charge >= 0.3 is 7.12 Å². The number of aromatic nitrogens is 6. The Bertz CT molecular complexity index is 3870. The maximum Gasteiger partial charge on any atom is 0.554 e. The molecule has 76 heavy (non-hydrogen) atoms. The molecule has 1 aliphatic rings. The van der Waals surface area contributed by atoms with Gasteiger partial charge in [-0.2, -0.15) is 15.8 Å². The van der Waals surface area contributed by atoms with Crippen molar-refractivity contribution < 1.29 is 27.0 Å². The molecular weight excluding hydrogens is 1170 g/mol. The van der Waals surface area contributed by atoms with Crippen molar-refractivity contribution in [3.8, 4) is 52.8 Å². The van der Waals surface area contributed by atoms with E-state index in [2.05, 4.69) is 102 Å². The Balaban J connectivity index is 0.000000187. The van der Waals surface area contributed by atoms with Gasteiger partial charge in [0.25, 0.3) is 0 Å².